The van der Waals surface area contributed by atoms with Crippen molar-refractivity contribution in [3.8, 4) is 11.4 Å². The molecule has 2 aromatic carbocycles. The van der Waals surface area contributed by atoms with Crippen molar-refractivity contribution >= 4 is 29.7 Å². The smallest absolute Gasteiger partial charge is 0.240 e. The average Bonchev–Trinajstić information content (AvgIpc) is 2.98. The van der Waals surface area contributed by atoms with Crippen molar-refractivity contribution in [2.75, 3.05) is 0 Å². The summed E-state index contributed by atoms with van der Waals surface area (Å²) in [5, 5.41) is 10.8. The Labute approximate surface area is 168 Å². The first kappa shape index (κ1) is 19.3. The second kappa shape index (κ2) is 8.50. The summed E-state index contributed by atoms with van der Waals surface area (Å²) in [5.74, 6) is 0.523. The summed E-state index contributed by atoms with van der Waals surface area (Å²) >= 11 is 11.5. The van der Waals surface area contributed by atoms with Crippen molar-refractivity contribution in [2.24, 2.45) is 0 Å². The molecule has 5 nitrogen and oxygen atoms in total. The van der Waals surface area contributed by atoms with Crippen LogP contribution in [0.2, 0.25) is 5.02 Å². The van der Waals surface area contributed by atoms with Gasteiger partial charge in [-0.25, -0.2) is 0 Å². The van der Waals surface area contributed by atoms with Gasteiger partial charge in [0.05, 0.1) is 0 Å². The summed E-state index contributed by atoms with van der Waals surface area (Å²) in [5.41, 5.74) is 3.07. The number of aromatic amines is 1. The number of nitrogens with one attached hydrogen (secondary N) is 2. The molecule has 1 aromatic heterocycles. The number of halogens is 1. The molecular weight excluding hydrogens is 380 g/mol. The Hall–Kier alpha value is -2.44. The number of rotatable bonds is 6. The fourth-order valence-corrected chi connectivity index (χ4v) is 3.31. The highest BCUT2D eigenvalue weighted by molar-refractivity contribution is 7.71. The molecule has 2 N–H and O–H groups in total. The standard InChI is InChI=1S/C20H21ClN4OS/c1-13-7-9-15(10-8-13)19-23-24-20(27)25(19)12-18(26)22-14(2)11-16-5-3-4-6-17(16)21/h3-10,14H,11-12H2,1-2H3,(H,22,26)(H,24,27). The third-order valence-corrected chi connectivity index (χ3v) is 4.94. The van der Waals surface area contributed by atoms with E-state index in [9.17, 15) is 4.79 Å². The Morgan fingerprint density at radius 1 is 1.26 bits per heavy atom. The van der Waals surface area contributed by atoms with Gasteiger partial charge >= 0.3 is 0 Å². The van der Waals surface area contributed by atoms with Crippen LogP contribution in [0.1, 0.15) is 18.1 Å². The molecule has 3 aromatic rings. The van der Waals surface area contributed by atoms with Gasteiger partial charge in [0.1, 0.15) is 6.54 Å². The SMILES string of the molecule is Cc1ccc(-c2n[nH]c(=S)n2CC(=O)NC(C)Cc2ccccc2Cl)cc1. The van der Waals surface area contributed by atoms with Gasteiger partial charge in [0.25, 0.3) is 0 Å². The molecule has 0 spiro atoms. The van der Waals surface area contributed by atoms with E-state index >= 15 is 0 Å². The zero-order valence-electron chi connectivity index (χ0n) is 15.2. The van der Waals surface area contributed by atoms with Gasteiger partial charge < -0.3 is 5.32 Å². The van der Waals surface area contributed by atoms with Crippen molar-refractivity contribution in [1.82, 2.24) is 20.1 Å². The maximum Gasteiger partial charge on any atom is 0.240 e. The number of H-pyrrole nitrogens is 1. The minimum atomic E-state index is -0.125. The second-order valence-electron chi connectivity index (χ2n) is 6.57. The molecule has 1 heterocycles. The van der Waals surface area contributed by atoms with Gasteiger partial charge in [0.15, 0.2) is 10.6 Å². The summed E-state index contributed by atoms with van der Waals surface area (Å²) in [6, 6.07) is 15.5. The number of hydrogen-bond acceptors (Lipinski definition) is 3. The maximum atomic E-state index is 12.5. The van der Waals surface area contributed by atoms with Crippen LogP contribution < -0.4 is 5.32 Å². The van der Waals surface area contributed by atoms with Crippen molar-refractivity contribution in [3.63, 3.8) is 0 Å². The molecule has 0 radical (unpaired) electrons. The minimum Gasteiger partial charge on any atom is -0.352 e. The van der Waals surface area contributed by atoms with E-state index in [4.69, 9.17) is 23.8 Å². The van der Waals surface area contributed by atoms with E-state index in [2.05, 4.69) is 15.5 Å². The number of amides is 1. The van der Waals surface area contributed by atoms with Crippen LogP contribution in [-0.2, 0) is 17.8 Å². The largest absolute Gasteiger partial charge is 0.352 e. The monoisotopic (exact) mass is 400 g/mol. The van der Waals surface area contributed by atoms with Gasteiger partial charge in [-0.3, -0.25) is 14.5 Å². The summed E-state index contributed by atoms with van der Waals surface area (Å²) in [6.07, 6.45) is 0.660. The number of hydrogen-bond donors (Lipinski definition) is 2. The van der Waals surface area contributed by atoms with E-state index in [-0.39, 0.29) is 18.5 Å². The van der Waals surface area contributed by atoms with Crippen LogP contribution >= 0.6 is 23.8 Å². The molecule has 27 heavy (non-hydrogen) atoms. The third kappa shape index (κ3) is 4.84. The van der Waals surface area contributed by atoms with E-state index in [0.717, 1.165) is 16.7 Å². The maximum absolute atomic E-state index is 12.5. The first-order valence-corrected chi connectivity index (χ1v) is 9.47. The van der Waals surface area contributed by atoms with Crippen LogP contribution in [0.25, 0.3) is 11.4 Å². The molecule has 0 bridgehead atoms. The molecular formula is C20H21ClN4OS. The lowest BCUT2D eigenvalue weighted by Crippen LogP contribution is -2.36. The van der Waals surface area contributed by atoms with E-state index in [0.29, 0.717) is 22.0 Å². The van der Waals surface area contributed by atoms with Gasteiger partial charge in [-0.05, 0) is 44.1 Å². The third-order valence-electron chi connectivity index (χ3n) is 4.26. The highest BCUT2D eigenvalue weighted by atomic mass is 35.5. The second-order valence-corrected chi connectivity index (χ2v) is 7.36. The van der Waals surface area contributed by atoms with E-state index in [1.807, 2.05) is 62.4 Å². The van der Waals surface area contributed by atoms with Crippen LogP contribution in [0.15, 0.2) is 48.5 Å². The van der Waals surface area contributed by atoms with Crippen LogP contribution in [0.3, 0.4) is 0 Å². The van der Waals surface area contributed by atoms with E-state index in [1.54, 1.807) is 4.57 Å². The fraction of sp³-hybridized carbons (Fsp3) is 0.250. The molecule has 3 rings (SSSR count). The predicted octanol–water partition coefficient (Wildman–Crippen LogP) is 4.32. The summed E-state index contributed by atoms with van der Waals surface area (Å²) in [7, 11) is 0. The number of carbonyl (C=O) groups excluding carboxylic acids is 1. The zero-order chi connectivity index (χ0) is 19.4. The lowest BCUT2D eigenvalue weighted by molar-refractivity contribution is -0.122. The Kier molecular flexibility index (Phi) is 6.08. The molecule has 0 aliphatic carbocycles. The quantitative estimate of drug-likeness (QED) is 0.606. The molecule has 0 aliphatic rings. The Morgan fingerprint density at radius 3 is 2.67 bits per heavy atom. The molecule has 140 valence electrons. The molecule has 0 saturated carbocycles. The Balaban J connectivity index is 1.69. The van der Waals surface area contributed by atoms with Crippen molar-refractivity contribution in [2.45, 2.75) is 32.9 Å². The molecule has 7 heteroatoms. The number of benzene rings is 2. The van der Waals surface area contributed by atoms with Crippen molar-refractivity contribution < 1.29 is 4.79 Å². The van der Waals surface area contributed by atoms with Crippen LogP contribution in [0, 0.1) is 11.7 Å². The minimum absolute atomic E-state index is 0.0544. The number of nitrogens with zero attached hydrogens (tertiary/aromatic N) is 2. The Morgan fingerprint density at radius 2 is 1.96 bits per heavy atom. The summed E-state index contributed by atoms with van der Waals surface area (Å²) in [4.78, 5) is 12.5. The van der Waals surface area contributed by atoms with Gasteiger partial charge in [0.2, 0.25) is 5.91 Å². The molecule has 0 saturated heterocycles. The van der Waals surface area contributed by atoms with Crippen molar-refractivity contribution in [3.05, 3.63) is 69.5 Å². The summed E-state index contributed by atoms with van der Waals surface area (Å²) in [6.45, 7) is 4.08. The average molecular weight is 401 g/mol. The van der Waals surface area contributed by atoms with Crippen LogP contribution in [0.5, 0.6) is 0 Å². The highest BCUT2D eigenvalue weighted by Gasteiger charge is 2.15. The van der Waals surface area contributed by atoms with E-state index < -0.39 is 0 Å². The number of aryl methyl sites for hydroxylation is 1. The lowest BCUT2D eigenvalue weighted by Gasteiger charge is -2.15. The lowest BCUT2D eigenvalue weighted by atomic mass is 10.1. The van der Waals surface area contributed by atoms with Crippen molar-refractivity contribution in [1.29, 1.82) is 0 Å². The van der Waals surface area contributed by atoms with Gasteiger partial charge in [-0.1, -0.05) is 59.6 Å². The van der Waals surface area contributed by atoms with Crippen LogP contribution in [0.4, 0.5) is 0 Å². The van der Waals surface area contributed by atoms with Gasteiger partial charge in [-0.15, -0.1) is 0 Å². The first-order valence-electron chi connectivity index (χ1n) is 8.69. The van der Waals surface area contributed by atoms with Gasteiger partial charge in [-0.2, -0.15) is 5.10 Å². The summed E-state index contributed by atoms with van der Waals surface area (Å²) < 4.78 is 2.12. The fourth-order valence-electron chi connectivity index (χ4n) is 2.90. The predicted molar refractivity (Wildman–Crippen MR) is 110 cm³/mol. The normalized spacial score (nSPS) is 12.0. The number of carbonyl (C=O) groups is 1. The Bertz CT molecular complexity index is 994. The van der Waals surface area contributed by atoms with Crippen LogP contribution in [-0.4, -0.2) is 26.7 Å². The molecule has 1 atom stereocenters. The number of aromatic nitrogens is 3. The molecule has 1 amide bonds. The highest BCUT2D eigenvalue weighted by Crippen LogP contribution is 2.18. The molecule has 1 unspecified atom stereocenters. The first-order chi connectivity index (χ1) is 12.9. The van der Waals surface area contributed by atoms with Gasteiger partial charge in [0, 0.05) is 16.6 Å². The molecule has 0 aliphatic heterocycles. The topological polar surface area (TPSA) is 62.7 Å². The van der Waals surface area contributed by atoms with E-state index in [1.165, 1.54) is 0 Å². The molecule has 0 fully saturated rings. The zero-order valence-corrected chi connectivity index (χ0v) is 16.8.